The zero-order valence-corrected chi connectivity index (χ0v) is 19.2. The van der Waals surface area contributed by atoms with Gasteiger partial charge >= 0.3 is 0 Å². The number of ether oxygens (including phenoxy) is 1. The summed E-state index contributed by atoms with van der Waals surface area (Å²) in [5.74, 6) is -0.553. The van der Waals surface area contributed by atoms with E-state index in [1.165, 1.54) is 18.1 Å². The Morgan fingerprint density at radius 1 is 1.03 bits per heavy atom. The van der Waals surface area contributed by atoms with Gasteiger partial charge in [-0.05, 0) is 48.6 Å². The molecule has 4 rings (SSSR count). The number of sulfonamides is 1. The SMILES string of the molecule is CCc1ccccc1NS(=O)(=O)c1cc(CN2C(=O)[C@H]3CCCC[C@H]3C2=O)ccc1OC. The summed E-state index contributed by atoms with van der Waals surface area (Å²) in [6.45, 7) is 2.01. The van der Waals surface area contributed by atoms with Crippen molar-refractivity contribution in [3.05, 3.63) is 53.6 Å². The van der Waals surface area contributed by atoms with Crippen molar-refractivity contribution >= 4 is 27.5 Å². The third kappa shape index (κ3) is 4.11. The molecule has 170 valence electrons. The van der Waals surface area contributed by atoms with E-state index in [4.69, 9.17) is 4.74 Å². The number of carbonyl (C=O) groups excluding carboxylic acids is 2. The number of hydrogen-bond donors (Lipinski definition) is 1. The Labute approximate surface area is 188 Å². The first-order chi connectivity index (χ1) is 15.4. The van der Waals surface area contributed by atoms with Gasteiger partial charge in [-0.25, -0.2) is 8.42 Å². The van der Waals surface area contributed by atoms with Crippen molar-refractivity contribution in [3.8, 4) is 5.75 Å². The van der Waals surface area contributed by atoms with E-state index in [-0.39, 0.29) is 40.8 Å². The molecule has 1 N–H and O–H groups in total. The van der Waals surface area contributed by atoms with Crippen molar-refractivity contribution in [1.82, 2.24) is 4.90 Å². The van der Waals surface area contributed by atoms with Crippen LogP contribution >= 0.6 is 0 Å². The molecule has 2 aliphatic rings. The number of benzene rings is 2. The lowest BCUT2D eigenvalue weighted by atomic mass is 9.81. The number of methoxy groups -OCH3 is 1. The number of hydrogen-bond acceptors (Lipinski definition) is 5. The molecule has 1 saturated heterocycles. The highest BCUT2D eigenvalue weighted by molar-refractivity contribution is 7.92. The maximum Gasteiger partial charge on any atom is 0.265 e. The number of carbonyl (C=O) groups is 2. The molecular formula is C24H28N2O5S. The molecule has 2 atom stereocenters. The fourth-order valence-electron chi connectivity index (χ4n) is 4.73. The molecule has 2 fully saturated rings. The zero-order chi connectivity index (χ0) is 22.9. The minimum absolute atomic E-state index is 0.0279. The Bertz CT molecular complexity index is 1120. The van der Waals surface area contributed by atoms with Crippen LogP contribution in [0.2, 0.25) is 0 Å². The molecule has 32 heavy (non-hydrogen) atoms. The Morgan fingerprint density at radius 3 is 2.31 bits per heavy atom. The van der Waals surface area contributed by atoms with E-state index in [1.807, 2.05) is 19.1 Å². The summed E-state index contributed by atoms with van der Waals surface area (Å²) >= 11 is 0. The zero-order valence-electron chi connectivity index (χ0n) is 18.3. The lowest BCUT2D eigenvalue weighted by Gasteiger charge is -2.19. The van der Waals surface area contributed by atoms with E-state index in [2.05, 4.69) is 4.72 Å². The van der Waals surface area contributed by atoms with E-state index in [0.29, 0.717) is 17.7 Å². The summed E-state index contributed by atoms with van der Waals surface area (Å²) in [7, 11) is -2.55. The maximum absolute atomic E-state index is 13.2. The van der Waals surface area contributed by atoms with Crippen LogP contribution in [-0.4, -0.2) is 32.2 Å². The number of nitrogens with zero attached hydrogens (tertiary/aromatic N) is 1. The highest BCUT2D eigenvalue weighted by Gasteiger charge is 2.47. The summed E-state index contributed by atoms with van der Waals surface area (Å²) in [6, 6.07) is 12.0. The number of aryl methyl sites for hydroxylation is 1. The van der Waals surface area contributed by atoms with Gasteiger partial charge in [0.25, 0.3) is 10.0 Å². The minimum atomic E-state index is -3.96. The van der Waals surface area contributed by atoms with Crippen LogP contribution in [0.4, 0.5) is 5.69 Å². The van der Waals surface area contributed by atoms with Gasteiger partial charge in [0.15, 0.2) is 0 Å². The van der Waals surface area contributed by atoms with Crippen LogP contribution in [0.3, 0.4) is 0 Å². The molecule has 7 nitrogen and oxygen atoms in total. The van der Waals surface area contributed by atoms with Crippen LogP contribution in [0.1, 0.15) is 43.7 Å². The highest BCUT2D eigenvalue weighted by atomic mass is 32.2. The van der Waals surface area contributed by atoms with Crippen molar-refractivity contribution in [2.45, 2.75) is 50.5 Å². The summed E-state index contributed by atoms with van der Waals surface area (Å²) in [4.78, 5) is 26.9. The van der Waals surface area contributed by atoms with Gasteiger partial charge in [0.05, 0.1) is 31.2 Å². The topological polar surface area (TPSA) is 92.8 Å². The second-order valence-electron chi connectivity index (χ2n) is 8.36. The minimum Gasteiger partial charge on any atom is -0.495 e. The molecular weight excluding hydrogens is 428 g/mol. The monoisotopic (exact) mass is 456 g/mol. The van der Waals surface area contributed by atoms with Crippen LogP contribution in [0.15, 0.2) is 47.4 Å². The predicted octanol–water partition coefficient (Wildman–Crippen LogP) is 3.73. The molecule has 8 heteroatoms. The molecule has 2 aromatic rings. The summed E-state index contributed by atoms with van der Waals surface area (Å²) < 4.78 is 34.4. The normalized spacial score (nSPS) is 20.9. The quantitative estimate of drug-likeness (QED) is 0.641. The molecule has 1 heterocycles. The van der Waals surface area contributed by atoms with E-state index >= 15 is 0 Å². The summed E-state index contributed by atoms with van der Waals surface area (Å²) in [5.41, 5.74) is 1.95. The summed E-state index contributed by atoms with van der Waals surface area (Å²) in [5, 5.41) is 0. The van der Waals surface area contributed by atoms with Gasteiger partial charge in [-0.3, -0.25) is 19.2 Å². The van der Waals surface area contributed by atoms with Gasteiger partial charge in [-0.2, -0.15) is 0 Å². The van der Waals surface area contributed by atoms with Crippen LogP contribution in [0, 0.1) is 11.8 Å². The molecule has 2 amide bonds. The van der Waals surface area contributed by atoms with Crippen LogP contribution in [0.25, 0.3) is 0 Å². The molecule has 0 aromatic heterocycles. The van der Waals surface area contributed by atoms with E-state index < -0.39 is 10.0 Å². The fourth-order valence-corrected chi connectivity index (χ4v) is 6.05. The number of rotatable bonds is 7. The first-order valence-electron chi connectivity index (χ1n) is 11.0. The molecule has 0 spiro atoms. The van der Waals surface area contributed by atoms with Crippen molar-refractivity contribution in [2.24, 2.45) is 11.8 Å². The van der Waals surface area contributed by atoms with Gasteiger partial charge < -0.3 is 4.74 Å². The van der Waals surface area contributed by atoms with Crippen molar-refractivity contribution < 1.29 is 22.7 Å². The third-order valence-corrected chi connectivity index (χ3v) is 7.82. The molecule has 0 radical (unpaired) electrons. The Hall–Kier alpha value is -2.87. The maximum atomic E-state index is 13.2. The first-order valence-corrected chi connectivity index (χ1v) is 12.5. The number of anilines is 1. The Morgan fingerprint density at radius 2 is 1.69 bits per heavy atom. The van der Waals surface area contributed by atoms with Crippen molar-refractivity contribution in [1.29, 1.82) is 0 Å². The van der Waals surface area contributed by atoms with Gasteiger partial charge in [-0.1, -0.05) is 44.0 Å². The highest BCUT2D eigenvalue weighted by Crippen LogP contribution is 2.39. The van der Waals surface area contributed by atoms with Crippen LogP contribution in [-0.2, 0) is 32.6 Å². The molecule has 1 aliphatic heterocycles. The lowest BCUT2D eigenvalue weighted by molar-refractivity contribution is -0.140. The largest absolute Gasteiger partial charge is 0.495 e. The Kier molecular flexibility index (Phi) is 6.24. The molecule has 2 aromatic carbocycles. The van der Waals surface area contributed by atoms with Gasteiger partial charge in [0.1, 0.15) is 10.6 Å². The molecule has 0 bridgehead atoms. The van der Waals surface area contributed by atoms with Crippen molar-refractivity contribution in [3.63, 3.8) is 0 Å². The van der Waals surface area contributed by atoms with E-state index in [0.717, 1.165) is 31.2 Å². The predicted molar refractivity (Wildman–Crippen MR) is 121 cm³/mol. The smallest absolute Gasteiger partial charge is 0.265 e. The van der Waals surface area contributed by atoms with Crippen LogP contribution in [0.5, 0.6) is 5.75 Å². The van der Waals surface area contributed by atoms with E-state index in [9.17, 15) is 18.0 Å². The molecule has 1 aliphatic carbocycles. The number of likely N-dealkylation sites (tertiary alicyclic amines) is 1. The number of nitrogens with one attached hydrogen (secondary N) is 1. The molecule has 0 unspecified atom stereocenters. The number of para-hydroxylation sites is 1. The average molecular weight is 457 g/mol. The van der Waals surface area contributed by atoms with Gasteiger partial charge in [-0.15, -0.1) is 0 Å². The lowest BCUT2D eigenvalue weighted by Crippen LogP contribution is -2.30. The van der Waals surface area contributed by atoms with E-state index in [1.54, 1.807) is 24.3 Å². The second kappa shape index (κ2) is 8.94. The second-order valence-corrected chi connectivity index (χ2v) is 10.0. The number of fused-ring (bicyclic) bond motifs is 1. The first kappa shape index (κ1) is 22.3. The summed E-state index contributed by atoms with van der Waals surface area (Å²) in [6.07, 6.45) is 4.09. The van der Waals surface area contributed by atoms with Gasteiger partial charge in [0, 0.05) is 0 Å². The third-order valence-electron chi connectivity index (χ3n) is 6.43. The van der Waals surface area contributed by atoms with Crippen molar-refractivity contribution in [2.75, 3.05) is 11.8 Å². The Balaban J connectivity index is 1.63. The van der Waals surface area contributed by atoms with Crippen LogP contribution < -0.4 is 9.46 Å². The number of amides is 2. The van der Waals surface area contributed by atoms with Gasteiger partial charge in [0.2, 0.25) is 11.8 Å². The standard InChI is InChI=1S/C24H28N2O5S/c1-3-17-8-4-7-11-20(17)25-32(29,30)22-14-16(12-13-21(22)31-2)15-26-23(27)18-9-5-6-10-19(18)24(26)28/h4,7-8,11-14,18-19,25H,3,5-6,9-10,15H2,1-2H3/t18-,19+. The number of imide groups is 1. The average Bonchev–Trinajstić information content (AvgIpc) is 3.04. The fraction of sp³-hybridized carbons (Fsp3) is 0.417. The molecule has 1 saturated carbocycles.